The van der Waals surface area contributed by atoms with Gasteiger partial charge in [-0.25, -0.2) is 0 Å². The van der Waals surface area contributed by atoms with Gasteiger partial charge < -0.3 is 4.74 Å². The Kier molecular flexibility index (Phi) is 5.55. The average molecular weight is 382 g/mol. The minimum atomic E-state index is 0.130. The number of fused-ring (bicyclic) bond motifs is 1. The number of likely N-dealkylation sites (tertiary alicyclic amines) is 1. The highest BCUT2D eigenvalue weighted by molar-refractivity contribution is 7.80. The van der Waals surface area contributed by atoms with E-state index in [4.69, 9.17) is 4.74 Å². The molecule has 1 atom stereocenters. The third-order valence-electron chi connectivity index (χ3n) is 6.08. The first-order chi connectivity index (χ1) is 13.1. The summed E-state index contributed by atoms with van der Waals surface area (Å²) in [6.07, 6.45) is 4.24. The fraction of sp³-hybridized carbons (Fsp3) is 0.435. The molecule has 0 radical (unpaired) electrons. The fourth-order valence-electron chi connectivity index (χ4n) is 4.56. The summed E-state index contributed by atoms with van der Waals surface area (Å²) in [5.74, 6) is 1.84. The number of nitrogens with zero attached hydrogens (tertiary/aromatic N) is 1. The monoisotopic (exact) mass is 381 g/mol. The number of Topliss-reactive ketones (excluding diaryl/α,β-unsaturated/α-hetero) is 1. The van der Waals surface area contributed by atoms with Crippen molar-refractivity contribution in [3.63, 3.8) is 0 Å². The molecule has 27 heavy (non-hydrogen) atoms. The molecule has 4 heteroatoms. The largest absolute Gasteiger partial charge is 0.496 e. The number of benzene rings is 2. The van der Waals surface area contributed by atoms with Crippen molar-refractivity contribution in [3.05, 3.63) is 59.2 Å². The second-order valence-electron chi connectivity index (χ2n) is 7.89. The van der Waals surface area contributed by atoms with Gasteiger partial charge in [-0.2, -0.15) is 0 Å². The van der Waals surface area contributed by atoms with Gasteiger partial charge in [0.15, 0.2) is 5.78 Å². The van der Waals surface area contributed by atoms with Crippen LogP contribution < -0.4 is 4.74 Å². The molecule has 0 bridgehead atoms. The average Bonchev–Trinajstić information content (AvgIpc) is 2.98. The van der Waals surface area contributed by atoms with Gasteiger partial charge in [-0.3, -0.25) is 9.69 Å². The molecule has 2 aromatic rings. The van der Waals surface area contributed by atoms with Crippen molar-refractivity contribution in [1.29, 1.82) is 0 Å². The zero-order valence-electron chi connectivity index (χ0n) is 15.9. The smallest absolute Gasteiger partial charge is 0.166 e. The SMILES string of the molecule is COc1cc2c(cc1S)C(=O)C(CC1CCN(Cc3ccccc3)CC1)C2. The van der Waals surface area contributed by atoms with Gasteiger partial charge in [0, 0.05) is 22.9 Å². The maximum atomic E-state index is 12.8. The van der Waals surface area contributed by atoms with E-state index < -0.39 is 0 Å². The van der Waals surface area contributed by atoms with Crippen molar-refractivity contribution in [1.82, 2.24) is 4.90 Å². The normalized spacial score (nSPS) is 20.7. The standard InChI is InChI=1S/C23H27NO2S/c1-26-21-13-18-12-19(23(25)20(18)14-22(21)27)11-16-7-9-24(10-8-16)15-17-5-3-2-4-6-17/h2-6,13-14,16,19,27H,7-12,15H2,1H3. The molecule has 2 aromatic carbocycles. The van der Waals surface area contributed by atoms with Crippen LogP contribution in [-0.4, -0.2) is 30.9 Å². The summed E-state index contributed by atoms with van der Waals surface area (Å²) in [4.78, 5) is 16.1. The summed E-state index contributed by atoms with van der Waals surface area (Å²) >= 11 is 4.45. The van der Waals surface area contributed by atoms with Crippen molar-refractivity contribution >= 4 is 18.4 Å². The number of carbonyl (C=O) groups excluding carboxylic acids is 1. The van der Waals surface area contributed by atoms with Crippen LogP contribution in [0.5, 0.6) is 5.75 Å². The number of rotatable bonds is 5. The van der Waals surface area contributed by atoms with Gasteiger partial charge in [-0.05, 0) is 68.0 Å². The lowest BCUT2D eigenvalue weighted by atomic mass is 9.85. The number of carbonyl (C=O) groups is 1. The van der Waals surface area contributed by atoms with Gasteiger partial charge >= 0.3 is 0 Å². The summed E-state index contributed by atoms with van der Waals surface area (Å²) in [5.41, 5.74) is 3.36. The number of ether oxygens (including phenoxy) is 1. The molecule has 1 heterocycles. The van der Waals surface area contributed by atoms with E-state index in [1.807, 2.05) is 12.1 Å². The molecule has 0 saturated carbocycles. The zero-order chi connectivity index (χ0) is 18.8. The number of piperidine rings is 1. The third kappa shape index (κ3) is 4.07. The van der Waals surface area contributed by atoms with Crippen molar-refractivity contribution in [3.8, 4) is 5.75 Å². The van der Waals surface area contributed by atoms with E-state index in [9.17, 15) is 4.79 Å². The van der Waals surface area contributed by atoms with Crippen molar-refractivity contribution in [2.24, 2.45) is 11.8 Å². The first-order valence-electron chi connectivity index (χ1n) is 9.84. The molecule has 142 valence electrons. The van der Waals surface area contributed by atoms with Crippen LogP contribution in [0.15, 0.2) is 47.4 Å². The van der Waals surface area contributed by atoms with Gasteiger partial charge in [0.1, 0.15) is 5.75 Å². The molecular weight excluding hydrogens is 354 g/mol. The molecule has 2 aliphatic rings. The van der Waals surface area contributed by atoms with Gasteiger partial charge in [0.2, 0.25) is 0 Å². The highest BCUT2D eigenvalue weighted by Gasteiger charge is 2.34. The summed E-state index contributed by atoms with van der Waals surface area (Å²) in [6.45, 7) is 3.29. The van der Waals surface area contributed by atoms with Crippen molar-refractivity contribution in [2.75, 3.05) is 20.2 Å². The molecule has 4 rings (SSSR count). The molecule has 0 spiro atoms. The minimum Gasteiger partial charge on any atom is -0.496 e. The number of hydrogen-bond acceptors (Lipinski definition) is 4. The molecule has 1 aliphatic heterocycles. The molecule has 3 nitrogen and oxygen atoms in total. The van der Waals surface area contributed by atoms with E-state index in [-0.39, 0.29) is 5.92 Å². The van der Waals surface area contributed by atoms with Crippen LogP contribution in [0.25, 0.3) is 0 Å². The predicted octanol–water partition coefficient (Wildman–Crippen LogP) is 4.64. The summed E-state index contributed by atoms with van der Waals surface area (Å²) in [7, 11) is 1.65. The van der Waals surface area contributed by atoms with Gasteiger partial charge in [0.25, 0.3) is 0 Å². The third-order valence-corrected chi connectivity index (χ3v) is 6.43. The second-order valence-corrected chi connectivity index (χ2v) is 8.37. The zero-order valence-corrected chi connectivity index (χ0v) is 16.8. The Morgan fingerprint density at radius 2 is 1.89 bits per heavy atom. The lowest BCUT2D eigenvalue weighted by Crippen LogP contribution is -2.34. The minimum absolute atomic E-state index is 0.130. The quantitative estimate of drug-likeness (QED) is 0.765. The summed E-state index contributed by atoms with van der Waals surface area (Å²) in [6, 6.07) is 14.6. The maximum absolute atomic E-state index is 12.8. The first-order valence-corrected chi connectivity index (χ1v) is 10.3. The van der Waals surface area contributed by atoms with Crippen LogP contribution in [0.1, 0.15) is 40.7 Å². The van der Waals surface area contributed by atoms with E-state index in [1.165, 1.54) is 18.4 Å². The lowest BCUT2D eigenvalue weighted by molar-refractivity contribution is 0.0895. The Bertz CT molecular complexity index is 813. The maximum Gasteiger partial charge on any atom is 0.166 e. The Morgan fingerprint density at radius 1 is 1.15 bits per heavy atom. The van der Waals surface area contributed by atoms with E-state index in [2.05, 4.69) is 47.9 Å². The number of methoxy groups -OCH3 is 1. The second kappa shape index (κ2) is 8.07. The molecule has 1 fully saturated rings. The Morgan fingerprint density at radius 3 is 2.59 bits per heavy atom. The molecule has 1 unspecified atom stereocenters. The molecule has 1 aliphatic carbocycles. The highest BCUT2D eigenvalue weighted by atomic mass is 32.1. The fourth-order valence-corrected chi connectivity index (χ4v) is 4.85. The molecule has 1 saturated heterocycles. The number of hydrogen-bond donors (Lipinski definition) is 1. The van der Waals surface area contributed by atoms with Gasteiger partial charge in [-0.15, -0.1) is 12.6 Å². The first kappa shape index (κ1) is 18.6. The predicted molar refractivity (Wildman–Crippen MR) is 111 cm³/mol. The topological polar surface area (TPSA) is 29.5 Å². The molecule has 0 N–H and O–H groups in total. The van der Waals surface area contributed by atoms with Crippen LogP contribution in [-0.2, 0) is 13.0 Å². The van der Waals surface area contributed by atoms with E-state index in [0.717, 1.165) is 54.2 Å². The van der Waals surface area contributed by atoms with Crippen molar-refractivity contribution < 1.29 is 9.53 Å². The number of thiol groups is 1. The van der Waals surface area contributed by atoms with Crippen molar-refractivity contribution in [2.45, 2.75) is 37.1 Å². The van der Waals surface area contributed by atoms with Gasteiger partial charge in [-0.1, -0.05) is 30.3 Å². The molecular formula is C23H27NO2S. The Labute approximate surface area is 167 Å². The Balaban J connectivity index is 1.32. The van der Waals surface area contributed by atoms with Crippen LogP contribution in [0.2, 0.25) is 0 Å². The Hall–Kier alpha value is -1.78. The highest BCUT2D eigenvalue weighted by Crippen LogP contribution is 2.38. The summed E-state index contributed by atoms with van der Waals surface area (Å²) in [5, 5.41) is 0. The van der Waals surface area contributed by atoms with E-state index in [0.29, 0.717) is 11.7 Å². The molecule has 0 aromatic heterocycles. The van der Waals surface area contributed by atoms with Crippen LogP contribution in [0.4, 0.5) is 0 Å². The summed E-state index contributed by atoms with van der Waals surface area (Å²) < 4.78 is 5.36. The van der Waals surface area contributed by atoms with Crippen LogP contribution in [0, 0.1) is 11.8 Å². The van der Waals surface area contributed by atoms with Crippen LogP contribution in [0.3, 0.4) is 0 Å². The molecule has 0 amide bonds. The lowest BCUT2D eigenvalue weighted by Gasteiger charge is -2.32. The number of ketones is 1. The van der Waals surface area contributed by atoms with E-state index >= 15 is 0 Å². The van der Waals surface area contributed by atoms with Crippen LogP contribution >= 0.6 is 12.6 Å². The van der Waals surface area contributed by atoms with Gasteiger partial charge in [0.05, 0.1) is 7.11 Å². The van der Waals surface area contributed by atoms with E-state index in [1.54, 1.807) is 7.11 Å².